The molecule has 1 fully saturated rings. The van der Waals surface area contributed by atoms with Crippen molar-refractivity contribution >= 4 is 11.8 Å². The van der Waals surface area contributed by atoms with E-state index in [0.717, 1.165) is 6.42 Å². The summed E-state index contributed by atoms with van der Waals surface area (Å²) in [5, 5.41) is 2.48. The summed E-state index contributed by atoms with van der Waals surface area (Å²) in [6.07, 6.45) is 0.788. The molecule has 1 unspecified atom stereocenters. The topological polar surface area (TPSA) is 84.7 Å². The van der Waals surface area contributed by atoms with Crippen molar-refractivity contribution in [3.05, 3.63) is 0 Å². The molecule has 6 nitrogen and oxygen atoms in total. The van der Waals surface area contributed by atoms with Crippen LogP contribution in [0.1, 0.15) is 13.3 Å². The molecule has 1 rings (SSSR count). The second-order valence-corrected chi connectivity index (χ2v) is 3.68. The van der Waals surface area contributed by atoms with Gasteiger partial charge in [0.05, 0.1) is 19.3 Å². The van der Waals surface area contributed by atoms with E-state index in [9.17, 15) is 9.59 Å². The predicted molar refractivity (Wildman–Crippen MR) is 58.7 cm³/mol. The van der Waals surface area contributed by atoms with E-state index in [1.165, 1.54) is 0 Å². The first-order chi connectivity index (χ1) is 7.70. The standard InChI is InChI=1S/C10H19N3O3/c1-2-8-7-16-6-5-13(8)10(15)9(14)12-4-3-11/h8H,2-7,11H2,1H3,(H,12,14). The summed E-state index contributed by atoms with van der Waals surface area (Å²) in [4.78, 5) is 24.8. The lowest BCUT2D eigenvalue weighted by molar-refractivity contribution is -0.151. The fraction of sp³-hybridized carbons (Fsp3) is 0.800. The van der Waals surface area contributed by atoms with Crippen LogP contribution in [0.5, 0.6) is 0 Å². The van der Waals surface area contributed by atoms with Crippen molar-refractivity contribution in [1.82, 2.24) is 10.2 Å². The molecule has 0 aromatic rings. The van der Waals surface area contributed by atoms with Gasteiger partial charge in [0, 0.05) is 19.6 Å². The molecule has 16 heavy (non-hydrogen) atoms. The Kier molecular flexibility index (Phi) is 5.21. The molecule has 92 valence electrons. The van der Waals surface area contributed by atoms with E-state index >= 15 is 0 Å². The van der Waals surface area contributed by atoms with Gasteiger partial charge in [0.25, 0.3) is 0 Å². The van der Waals surface area contributed by atoms with Crippen molar-refractivity contribution in [1.29, 1.82) is 0 Å². The summed E-state index contributed by atoms with van der Waals surface area (Å²) in [6.45, 7) is 4.11. The highest BCUT2D eigenvalue weighted by molar-refractivity contribution is 6.35. The van der Waals surface area contributed by atoms with Gasteiger partial charge >= 0.3 is 11.8 Å². The lowest BCUT2D eigenvalue weighted by Gasteiger charge is -2.34. The van der Waals surface area contributed by atoms with E-state index in [1.54, 1.807) is 4.90 Å². The number of nitrogens with two attached hydrogens (primary N) is 1. The Bertz CT molecular complexity index is 258. The fourth-order valence-corrected chi connectivity index (χ4v) is 1.65. The van der Waals surface area contributed by atoms with Crippen molar-refractivity contribution in [2.24, 2.45) is 5.73 Å². The number of carbonyl (C=O) groups is 2. The zero-order valence-corrected chi connectivity index (χ0v) is 9.57. The van der Waals surface area contributed by atoms with E-state index in [0.29, 0.717) is 32.8 Å². The number of carbonyl (C=O) groups excluding carboxylic acids is 2. The highest BCUT2D eigenvalue weighted by Crippen LogP contribution is 2.10. The number of rotatable bonds is 3. The number of nitrogens with one attached hydrogen (secondary N) is 1. The first-order valence-electron chi connectivity index (χ1n) is 5.57. The van der Waals surface area contributed by atoms with Crippen LogP contribution in [0.3, 0.4) is 0 Å². The zero-order chi connectivity index (χ0) is 12.0. The monoisotopic (exact) mass is 229 g/mol. The van der Waals surface area contributed by atoms with E-state index in [-0.39, 0.29) is 6.04 Å². The van der Waals surface area contributed by atoms with Crippen molar-refractivity contribution in [2.45, 2.75) is 19.4 Å². The maximum absolute atomic E-state index is 11.8. The molecule has 1 aliphatic heterocycles. The highest BCUT2D eigenvalue weighted by Gasteiger charge is 2.29. The maximum atomic E-state index is 11.8. The minimum atomic E-state index is -0.578. The van der Waals surface area contributed by atoms with Gasteiger partial charge in [0.15, 0.2) is 0 Å². The Balaban J connectivity index is 2.53. The van der Waals surface area contributed by atoms with E-state index in [1.807, 2.05) is 6.92 Å². The van der Waals surface area contributed by atoms with Crippen LogP contribution in [-0.2, 0) is 14.3 Å². The molecule has 0 aromatic heterocycles. The zero-order valence-electron chi connectivity index (χ0n) is 9.57. The molecule has 6 heteroatoms. The van der Waals surface area contributed by atoms with E-state index in [2.05, 4.69) is 5.32 Å². The first kappa shape index (κ1) is 12.9. The Hall–Kier alpha value is -1.14. The summed E-state index contributed by atoms with van der Waals surface area (Å²) in [5.41, 5.74) is 5.25. The van der Waals surface area contributed by atoms with Crippen molar-refractivity contribution in [3.8, 4) is 0 Å². The Morgan fingerprint density at radius 1 is 1.56 bits per heavy atom. The van der Waals surface area contributed by atoms with Gasteiger partial charge in [-0.1, -0.05) is 6.92 Å². The van der Waals surface area contributed by atoms with Crippen LogP contribution in [0.4, 0.5) is 0 Å². The average Bonchev–Trinajstić information content (AvgIpc) is 2.34. The Morgan fingerprint density at radius 3 is 2.94 bits per heavy atom. The number of ether oxygens (including phenoxy) is 1. The van der Waals surface area contributed by atoms with Gasteiger partial charge in [-0.05, 0) is 6.42 Å². The smallest absolute Gasteiger partial charge is 0.312 e. The molecule has 1 atom stereocenters. The van der Waals surface area contributed by atoms with Crippen LogP contribution in [-0.4, -0.2) is 55.6 Å². The van der Waals surface area contributed by atoms with Gasteiger partial charge in [0.1, 0.15) is 0 Å². The second kappa shape index (κ2) is 6.44. The van der Waals surface area contributed by atoms with Crippen LogP contribution in [0.25, 0.3) is 0 Å². The minimum Gasteiger partial charge on any atom is -0.377 e. The van der Waals surface area contributed by atoms with Crippen LogP contribution < -0.4 is 11.1 Å². The summed E-state index contributed by atoms with van der Waals surface area (Å²) in [5.74, 6) is -1.06. The molecular formula is C10H19N3O3. The number of amides is 2. The molecule has 0 bridgehead atoms. The van der Waals surface area contributed by atoms with Gasteiger partial charge < -0.3 is 20.7 Å². The summed E-state index contributed by atoms with van der Waals surface area (Å²) in [7, 11) is 0. The predicted octanol–water partition coefficient (Wildman–Crippen LogP) is -1.30. The molecule has 1 saturated heterocycles. The van der Waals surface area contributed by atoms with E-state index < -0.39 is 11.8 Å². The molecule has 2 amide bonds. The Morgan fingerprint density at radius 2 is 2.31 bits per heavy atom. The number of nitrogens with zero attached hydrogens (tertiary/aromatic N) is 1. The summed E-state index contributed by atoms with van der Waals surface area (Å²) >= 11 is 0. The lowest BCUT2D eigenvalue weighted by atomic mass is 10.1. The molecule has 0 radical (unpaired) electrons. The van der Waals surface area contributed by atoms with Crippen molar-refractivity contribution in [3.63, 3.8) is 0 Å². The molecule has 0 saturated carbocycles. The van der Waals surface area contributed by atoms with Crippen molar-refractivity contribution in [2.75, 3.05) is 32.8 Å². The minimum absolute atomic E-state index is 0.00452. The van der Waals surface area contributed by atoms with Gasteiger partial charge in [-0.25, -0.2) is 0 Å². The van der Waals surface area contributed by atoms with Gasteiger partial charge in [0.2, 0.25) is 0 Å². The van der Waals surface area contributed by atoms with Crippen molar-refractivity contribution < 1.29 is 14.3 Å². The number of morpholine rings is 1. The second-order valence-electron chi connectivity index (χ2n) is 3.68. The van der Waals surface area contributed by atoms with E-state index in [4.69, 9.17) is 10.5 Å². The molecule has 0 aromatic carbocycles. The normalized spacial score (nSPS) is 20.6. The fourth-order valence-electron chi connectivity index (χ4n) is 1.65. The summed E-state index contributed by atoms with van der Waals surface area (Å²) in [6, 6.07) is 0.00452. The van der Waals surface area contributed by atoms with Gasteiger partial charge in [-0.3, -0.25) is 9.59 Å². The van der Waals surface area contributed by atoms with Crippen LogP contribution in [0.2, 0.25) is 0 Å². The first-order valence-corrected chi connectivity index (χ1v) is 5.57. The molecule has 1 heterocycles. The molecular weight excluding hydrogens is 210 g/mol. The number of hydrogen-bond acceptors (Lipinski definition) is 4. The third-order valence-corrected chi connectivity index (χ3v) is 2.58. The molecule has 1 aliphatic rings. The average molecular weight is 229 g/mol. The van der Waals surface area contributed by atoms with Gasteiger partial charge in [-0.15, -0.1) is 0 Å². The Labute approximate surface area is 95.1 Å². The third kappa shape index (κ3) is 3.18. The maximum Gasteiger partial charge on any atom is 0.312 e. The van der Waals surface area contributed by atoms with Crippen LogP contribution in [0.15, 0.2) is 0 Å². The molecule has 3 N–H and O–H groups in total. The SMILES string of the molecule is CCC1COCCN1C(=O)C(=O)NCCN. The molecule has 0 spiro atoms. The van der Waals surface area contributed by atoms with Gasteiger partial charge in [-0.2, -0.15) is 0 Å². The van der Waals surface area contributed by atoms with Crippen LogP contribution in [0, 0.1) is 0 Å². The number of hydrogen-bond donors (Lipinski definition) is 2. The quantitative estimate of drug-likeness (QED) is 0.589. The van der Waals surface area contributed by atoms with Crippen LogP contribution >= 0.6 is 0 Å². The summed E-state index contributed by atoms with van der Waals surface area (Å²) < 4.78 is 5.27. The highest BCUT2D eigenvalue weighted by atomic mass is 16.5. The molecule has 0 aliphatic carbocycles. The largest absolute Gasteiger partial charge is 0.377 e. The third-order valence-electron chi connectivity index (χ3n) is 2.58. The lowest BCUT2D eigenvalue weighted by Crippen LogP contribution is -2.53.